The maximum Gasteiger partial charge on any atom is 0.335 e. The van der Waals surface area contributed by atoms with E-state index >= 15 is 0 Å². The molecule has 104 valence electrons. The average Bonchev–Trinajstić information content (AvgIpc) is 2.43. The number of ether oxygens (including phenoxy) is 1. The van der Waals surface area contributed by atoms with Crippen molar-refractivity contribution >= 4 is 5.97 Å². The normalized spacial score (nSPS) is 10.3. The highest BCUT2D eigenvalue weighted by Gasteiger charge is 2.10. The SMILES string of the molecule is CCCc1c(C)ncnc1Oc1ccc(C(=O)O)cc1. The fourth-order valence-electron chi connectivity index (χ4n) is 1.88. The van der Waals surface area contributed by atoms with Crippen LogP contribution in [0.2, 0.25) is 0 Å². The summed E-state index contributed by atoms with van der Waals surface area (Å²) >= 11 is 0. The molecular weight excluding hydrogens is 256 g/mol. The lowest BCUT2D eigenvalue weighted by Crippen LogP contribution is -2.00. The van der Waals surface area contributed by atoms with Crippen molar-refractivity contribution in [3.8, 4) is 11.6 Å². The summed E-state index contributed by atoms with van der Waals surface area (Å²) in [4.78, 5) is 19.1. The van der Waals surface area contributed by atoms with E-state index in [0.717, 1.165) is 24.1 Å². The first-order valence-electron chi connectivity index (χ1n) is 6.43. The predicted octanol–water partition coefficient (Wildman–Crippen LogP) is 3.23. The first-order valence-corrected chi connectivity index (χ1v) is 6.43. The Bertz CT molecular complexity index is 609. The van der Waals surface area contributed by atoms with Crippen molar-refractivity contribution in [3.05, 3.63) is 47.4 Å². The lowest BCUT2D eigenvalue weighted by Gasteiger charge is -2.11. The van der Waals surface area contributed by atoms with Crippen molar-refractivity contribution in [2.75, 3.05) is 0 Å². The second-order valence-corrected chi connectivity index (χ2v) is 4.42. The number of nitrogens with zero attached hydrogens (tertiary/aromatic N) is 2. The van der Waals surface area contributed by atoms with Gasteiger partial charge in [-0.15, -0.1) is 0 Å². The molecule has 2 rings (SSSR count). The molecular formula is C15H16N2O3. The van der Waals surface area contributed by atoms with E-state index in [4.69, 9.17) is 9.84 Å². The van der Waals surface area contributed by atoms with Crippen molar-refractivity contribution in [1.29, 1.82) is 0 Å². The second-order valence-electron chi connectivity index (χ2n) is 4.42. The average molecular weight is 272 g/mol. The number of carboxylic acids is 1. The van der Waals surface area contributed by atoms with E-state index in [1.807, 2.05) is 6.92 Å². The summed E-state index contributed by atoms with van der Waals surface area (Å²) in [5.41, 5.74) is 2.11. The maximum absolute atomic E-state index is 10.8. The predicted molar refractivity (Wildman–Crippen MR) is 74.2 cm³/mol. The first-order chi connectivity index (χ1) is 9.61. The molecule has 0 aliphatic rings. The molecule has 0 aliphatic carbocycles. The summed E-state index contributed by atoms with van der Waals surface area (Å²) in [5, 5.41) is 8.85. The van der Waals surface area contributed by atoms with Gasteiger partial charge in [0.05, 0.1) is 5.56 Å². The fraction of sp³-hybridized carbons (Fsp3) is 0.267. The van der Waals surface area contributed by atoms with E-state index in [-0.39, 0.29) is 5.56 Å². The van der Waals surface area contributed by atoms with Gasteiger partial charge in [0.1, 0.15) is 12.1 Å². The van der Waals surface area contributed by atoms with Crippen molar-refractivity contribution in [3.63, 3.8) is 0 Å². The second kappa shape index (κ2) is 6.14. The summed E-state index contributed by atoms with van der Waals surface area (Å²) in [5.74, 6) is 0.133. The summed E-state index contributed by atoms with van der Waals surface area (Å²) in [7, 11) is 0. The molecule has 5 heteroatoms. The first kappa shape index (κ1) is 14.0. The molecule has 0 unspecified atom stereocenters. The molecule has 0 fully saturated rings. The largest absolute Gasteiger partial charge is 0.478 e. The molecule has 0 amide bonds. The Morgan fingerprint density at radius 1 is 1.25 bits per heavy atom. The summed E-state index contributed by atoms with van der Waals surface area (Å²) < 4.78 is 5.73. The van der Waals surface area contributed by atoms with Crippen LogP contribution >= 0.6 is 0 Å². The third kappa shape index (κ3) is 3.12. The van der Waals surface area contributed by atoms with Crippen molar-refractivity contribution in [2.24, 2.45) is 0 Å². The summed E-state index contributed by atoms with van der Waals surface area (Å²) in [6.45, 7) is 4.00. The third-order valence-corrected chi connectivity index (χ3v) is 2.94. The van der Waals surface area contributed by atoms with E-state index in [9.17, 15) is 4.79 Å². The molecule has 0 aliphatic heterocycles. The lowest BCUT2D eigenvalue weighted by atomic mass is 10.1. The van der Waals surface area contributed by atoms with Crippen LogP contribution in [0.1, 0.15) is 35.0 Å². The minimum atomic E-state index is -0.957. The van der Waals surface area contributed by atoms with Gasteiger partial charge in [-0.2, -0.15) is 0 Å². The molecule has 0 bridgehead atoms. The molecule has 1 N–H and O–H groups in total. The Morgan fingerprint density at radius 2 is 1.95 bits per heavy atom. The van der Waals surface area contributed by atoms with Gasteiger partial charge in [-0.25, -0.2) is 14.8 Å². The number of aromatic carboxylic acids is 1. The Kier molecular flexibility index (Phi) is 4.30. The fourth-order valence-corrected chi connectivity index (χ4v) is 1.88. The van der Waals surface area contributed by atoms with Crippen LogP contribution in [0.25, 0.3) is 0 Å². The minimum Gasteiger partial charge on any atom is -0.478 e. The Hall–Kier alpha value is -2.43. The molecule has 0 saturated carbocycles. The molecule has 2 aromatic rings. The van der Waals surface area contributed by atoms with Gasteiger partial charge >= 0.3 is 5.97 Å². The molecule has 5 nitrogen and oxygen atoms in total. The van der Waals surface area contributed by atoms with Crippen LogP contribution in [-0.4, -0.2) is 21.0 Å². The number of benzene rings is 1. The Morgan fingerprint density at radius 3 is 2.55 bits per heavy atom. The van der Waals surface area contributed by atoms with E-state index in [2.05, 4.69) is 16.9 Å². The molecule has 20 heavy (non-hydrogen) atoms. The van der Waals surface area contributed by atoms with Crippen molar-refractivity contribution < 1.29 is 14.6 Å². The Labute approximate surface area is 117 Å². The van der Waals surface area contributed by atoms with Crippen LogP contribution in [0, 0.1) is 6.92 Å². The molecule has 0 saturated heterocycles. The molecule has 0 atom stereocenters. The zero-order chi connectivity index (χ0) is 14.5. The van der Waals surface area contributed by atoms with Gasteiger partial charge in [-0.1, -0.05) is 13.3 Å². The smallest absolute Gasteiger partial charge is 0.335 e. The molecule has 1 aromatic carbocycles. The van der Waals surface area contributed by atoms with E-state index in [1.54, 1.807) is 12.1 Å². The third-order valence-electron chi connectivity index (χ3n) is 2.94. The molecule has 1 heterocycles. The lowest BCUT2D eigenvalue weighted by molar-refractivity contribution is 0.0697. The van der Waals surface area contributed by atoms with Crippen molar-refractivity contribution in [1.82, 2.24) is 9.97 Å². The van der Waals surface area contributed by atoms with Crippen LogP contribution in [-0.2, 0) is 6.42 Å². The van der Waals surface area contributed by atoms with Crippen LogP contribution in [0.5, 0.6) is 11.6 Å². The Balaban J connectivity index is 2.25. The number of carbonyl (C=O) groups is 1. The number of hydrogen-bond acceptors (Lipinski definition) is 4. The van der Waals surface area contributed by atoms with Gasteiger partial charge in [-0.3, -0.25) is 0 Å². The highest BCUT2D eigenvalue weighted by atomic mass is 16.5. The molecule has 1 aromatic heterocycles. The van der Waals surface area contributed by atoms with Gasteiger partial charge in [0, 0.05) is 11.3 Å². The van der Waals surface area contributed by atoms with Gasteiger partial charge in [0.2, 0.25) is 5.88 Å². The van der Waals surface area contributed by atoms with Gasteiger partial charge < -0.3 is 9.84 Å². The topological polar surface area (TPSA) is 72.3 Å². The van der Waals surface area contributed by atoms with E-state index in [1.165, 1.54) is 18.5 Å². The maximum atomic E-state index is 10.8. The van der Waals surface area contributed by atoms with Crippen LogP contribution in [0.3, 0.4) is 0 Å². The summed E-state index contributed by atoms with van der Waals surface area (Å²) in [6.07, 6.45) is 3.28. The quantitative estimate of drug-likeness (QED) is 0.904. The van der Waals surface area contributed by atoms with Gasteiger partial charge in [0.15, 0.2) is 0 Å². The van der Waals surface area contributed by atoms with Gasteiger partial charge in [-0.05, 0) is 37.6 Å². The number of aromatic nitrogens is 2. The number of hydrogen-bond donors (Lipinski definition) is 1. The zero-order valence-electron chi connectivity index (χ0n) is 11.5. The minimum absolute atomic E-state index is 0.227. The van der Waals surface area contributed by atoms with E-state index in [0.29, 0.717) is 11.6 Å². The van der Waals surface area contributed by atoms with E-state index < -0.39 is 5.97 Å². The highest BCUT2D eigenvalue weighted by molar-refractivity contribution is 5.87. The van der Waals surface area contributed by atoms with Crippen molar-refractivity contribution in [2.45, 2.75) is 26.7 Å². The molecule has 0 spiro atoms. The number of aryl methyl sites for hydroxylation is 1. The molecule has 0 radical (unpaired) electrons. The summed E-state index contributed by atoms with van der Waals surface area (Å²) in [6, 6.07) is 6.25. The zero-order valence-corrected chi connectivity index (χ0v) is 11.5. The van der Waals surface area contributed by atoms with Crippen LogP contribution < -0.4 is 4.74 Å². The van der Waals surface area contributed by atoms with Gasteiger partial charge in [0.25, 0.3) is 0 Å². The van der Waals surface area contributed by atoms with Crippen LogP contribution in [0.4, 0.5) is 0 Å². The monoisotopic (exact) mass is 272 g/mol. The van der Waals surface area contributed by atoms with Crippen LogP contribution in [0.15, 0.2) is 30.6 Å². The highest BCUT2D eigenvalue weighted by Crippen LogP contribution is 2.25. The number of carboxylic acid groups (broad SMARTS) is 1. The standard InChI is InChI=1S/C15H16N2O3/c1-3-4-13-10(2)16-9-17-14(13)20-12-7-5-11(6-8-12)15(18)19/h5-9H,3-4H2,1-2H3,(H,18,19). The number of rotatable bonds is 5.